The van der Waals surface area contributed by atoms with Crippen LogP contribution in [0.5, 0.6) is 0 Å². The fraction of sp³-hybridized carbons (Fsp3) is 0.105. The van der Waals surface area contributed by atoms with Gasteiger partial charge in [-0.3, -0.25) is 4.79 Å². The Morgan fingerprint density at radius 3 is 2.48 bits per heavy atom. The van der Waals surface area contributed by atoms with E-state index in [0.717, 1.165) is 22.2 Å². The maximum Gasteiger partial charge on any atom is 0.196 e. The van der Waals surface area contributed by atoms with Crippen molar-refractivity contribution in [3.63, 3.8) is 0 Å². The molecular weight excluding hydrogens is 338 g/mol. The highest BCUT2D eigenvalue weighted by Gasteiger charge is 2.14. The number of halogens is 1. The lowest BCUT2D eigenvalue weighted by Gasteiger charge is -2.07. The van der Waals surface area contributed by atoms with Crippen molar-refractivity contribution in [1.29, 1.82) is 0 Å². The molecule has 1 N–H and O–H groups in total. The van der Waals surface area contributed by atoms with E-state index < -0.39 is 0 Å². The number of anilines is 2. The molecule has 2 aromatic heterocycles. The molecule has 2 heterocycles. The summed E-state index contributed by atoms with van der Waals surface area (Å²) in [4.78, 5) is 20.4. The van der Waals surface area contributed by atoms with Gasteiger partial charge in [0.25, 0.3) is 0 Å². The van der Waals surface area contributed by atoms with Crippen LogP contribution in [-0.2, 0) is 0 Å². The number of para-hydroxylation sites is 1. The van der Waals surface area contributed by atoms with Gasteiger partial charge in [0.05, 0.1) is 0 Å². The van der Waals surface area contributed by atoms with Crippen molar-refractivity contribution in [2.45, 2.75) is 13.8 Å². The van der Waals surface area contributed by atoms with Gasteiger partial charge in [-0.05, 0) is 50.2 Å². The number of aromatic nitrogens is 2. The fourth-order valence-electron chi connectivity index (χ4n) is 2.71. The number of ketones is 1. The van der Waals surface area contributed by atoms with Gasteiger partial charge < -0.3 is 9.73 Å². The highest BCUT2D eigenvalue weighted by Crippen LogP contribution is 2.32. The minimum atomic E-state index is 0. The van der Waals surface area contributed by atoms with Crippen LogP contribution in [0.4, 0.5) is 11.5 Å². The van der Waals surface area contributed by atoms with Gasteiger partial charge in [-0.2, -0.15) is 0 Å². The van der Waals surface area contributed by atoms with E-state index in [0.29, 0.717) is 22.8 Å². The molecular formula is C19H16ClN3O2. The van der Waals surface area contributed by atoms with Crippen LogP contribution in [0, 0.1) is 6.92 Å². The number of rotatable bonds is 3. The molecule has 0 amide bonds. The molecule has 0 saturated carbocycles. The largest absolute Gasteiger partial charge is 0.450 e. The highest BCUT2D eigenvalue weighted by molar-refractivity contribution is 6.06. The molecule has 0 radical (unpaired) electrons. The summed E-state index contributed by atoms with van der Waals surface area (Å²) in [5.74, 6) is 1.32. The summed E-state index contributed by atoms with van der Waals surface area (Å²) in [6.07, 6.45) is 0. The first-order valence-corrected chi connectivity index (χ1v) is 7.66. The molecule has 25 heavy (non-hydrogen) atoms. The molecule has 126 valence electrons. The van der Waals surface area contributed by atoms with Gasteiger partial charge in [0.2, 0.25) is 0 Å². The van der Waals surface area contributed by atoms with Crippen molar-refractivity contribution in [3.05, 3.63) is 59.9 Å². The molecule has 0 aliphatic rings. The average Bonchev–Trinajstić information content (AvgIpc) is 2.94. The topological polar surface area (TPSA) is 68.0 Å². The van der Waals surface area contributed by atoms with Crippen molar-refractivity contribution in [3.8, 4) is 0 Å². The van der Waals surface area contributed by atoms with E-state index >= 15 is 0 Å². The molecule has 0 fully saturated rings. The third kappa shape index (κ3) is 3.06. The van der Waals surface area contributed by atoms with Crippen molar-refractivity contribution < 1.29 is 9.21 Å². The van der Waals surface area contributed by atoms with Gasteiger partial charge in [-0.25, -0.2) is 9.97 Å². The first-order valence-electron chi connectivity index (χ1n) is 7.66. The lowest BCUT2D eigenvalue weighted by atomic mass is 10.1. The Morgan fingerprint density at radius 2 is 1.76 bits per heavy atom. The van der Waals surface area contributed by atoms with Gasteiger partial charge in [0.15, 0.2) is 17.2 Å². The number of fused-ring (bicyclic) bond motifs is 3. The molecule has 0 aliphatic heterocycles. The van der Waals surface area contributed by atoms with Gasteiger partial charge in [0, 0.05) is 16.6 Å². The molecule has 0 saturated heterocycles. The number of hydrogen-bond donors (Lipinski definition) is 1. The summed E-state index contributed by atoms with van der Waals surface area (Å²) in [5, 5.41) is 4.22. The normalized spacial score (nSPS) is 10.6. The summed E-state index contributed by atoms with van der Waals surface area (Å²) in [7, 11) is 0. The molecule has 5 nitrogen and oxygen atoms in total. The molecule has 6 heteroatoms. The van der Waals surface area contributed by atoms with E-state index in [9.17, 15) is 4.79 Å². The lowest BCUT2D eigenvalue weighted by molar-refractivity contribution is 0.101. The zero-order valence-electron chi connectivity index (χ0n) is 13.7. The first kappa shape index (κ1) is 16.9. The minimum Gasteiger partial charge on any atom is -0.450 e. The third-order valence-electron chi connectivity index (χ3n) is 3.89. The summed E-state index contributed by atoms with van der Waals surface area (Å²) in [6.45, 7) is 3.40. The highest BCUT2D eigenvalue weighted by atomic mass is 35.5. The maximum absolute atomic E-state index is 11.4. The Morgan fingerprint density at radius 1 is 1.04 bits per heavy atom. The number of hydrogen-bond acceptors (Lipinski definition) is 5. The van der Waals surface area contributed by atoms with Crippen molar-refractivity contribution in [2.75, 3.05) is 5.32 Å². The van der Waals surface area contributed by atoms with E-state index in [-0.39, 0.29) is 18.2 Å². The second-order valence-corrected chi connectivity index (χ2v) is 5.65. The fourth-order valence-corrected chi connectivity index (χ4v) is 2.71. The van der Waals surface area contributed by atoms with Gasteiger partial charge in [0.1, 0.15) is 16.9 Å². The van der Waals surface area contributed by atoms with Gasteiger partial charge >= 0.3 is 0 Å². The Kier molecular flexibility index (Phi) is 4.42. The Labute approximate surface area is 150 Å². The van der Waals surface area contributed by atoms with Crippen LogP contribution in [0.1, 0.15) is 23.1 Å². The summed E-state index contributed by atoms with van der Waals surface area (Å²) in [5.41, 5.74) is 3.70. The van der Waals surface area contributed by atoms with Crippen LogP contribution >= 0.6 is 12.4 Å². The van der Waals surface area contributed by atoms with Crippen LogP contribution in [-0.4, -0.2) is 15.8 Å². The standard InChI is InChI=1S/C19H15N3O2.ClH/c1-11(23)13-7-9-14(10-8-13)22-19-18-17(20-12(2)21-19)15-5-3-4-6-16(15)24-18;/h3-10H,1-2H3,(H,20,21,22);1H. The molecule has 4 rings (SSSR count). The molecule has 2 aromatic carbocycles. The zero-order chi connectivity index (χ0) is 16.7. The smallest absolute Gasteiger partial charge is 0.196 e. The zero-order valence-corrected chi connectivity index (χ0v) is 14.6. The lowest BCUT2D eigenvalue weighted by Crippen LogP contribution is -1.98. The molecule has 0 unspecified atom stereocenters. The number of carbonyl (C=O) groups excluding carboxylic acids is 1. The minimum absolute atomic E-state index is 0. The molecule has 0 spiro atoms. The number of furan rings is 1. The quantitative estimate of drug-likeness (QED) is 0.522. The van der Waals surface area contributed by atoms with E-state index in [4.69, 9.17) is 4.42 Å². The first-order chi connectivity index (χ1) is 11.6. The van der Waals surface area contributed by atoms with Crippen molar-refractivity contribution in [1.82, 2.24) is 9.97 Å². The Hall–Kier alpha value is -2.92. The van der Waals surface area contributed by atoms with Crippen LogP contribution in [0.2, 0.25) is 0 Å². The summed E-state index contributed by atoms with van der Waals surface area (Å²) < 4.78 is 5.93. The van der Waals surface area contributed by atoms with E-state index in [1.54, 1.807) is 19.1 Å². The number of nitrogens with zero attached hydrogens (tertiary/aromatic N) is 2. The van der Waals surface area contributed by atoms with Crippen molar-refractivity contribution in [2.24, 2.45) is 0 Å². The van der Waals surface area contributed by atoms with E-state index in [1.165, 1.54) is 0 Å². The predicted molar refractivity (Wildman–Crippen MR) is 101 cm³/mol. The van der Waals surface area contributed by atoms with E-state index in [1.807, 2.05) is 43.3 Å². The monoisotopic (exact) mass is 353 g/mol. The molecule has 4 aromatic rings. The van der Waals surface area contributed by atoms with Gasteiger partial charge in [-0.1, -0.05) is 12.1 Å². The SMILES string of the molecule is CC(=O)c1ccc(Nc2nc(C)nc3c2oc2ccccc23)cc1.Cl. The van der Waals surface area contributed by atoms with Gasteiger partial charge in [-0.15, -0.1) is 12.4 Å². The second-order valence-electron chi connectivity index (χ2n) is 5.65. The summed E-state index contributed by atoms with van der Waals surface area (Å²) in [6, 6.07) is 15.1. The number of benzene rings is 2. The Bertz CT molecular complexity index is 1070. The maximum atomic E-state index is 11.4. The predicted octanol–water partition coefficient (Wildman–Crippen LogP) is 5.05. The van der Waals surface area contributed by atoms with Crippen molar-refractivity contribution >= 4 is 51.8 Å². The number of aryl methyl sites for hydroxylation is 1. The number of nitrogens with one attached hydrogen (secondary N) is 1. The third-order valence-corrected chi connectivity index (χ3v) is 3.89. The Balaban J connectivity index is 0.00000182. The van der Waals surface area contributed by atoms with Crippen LogP contribution in [0.15, 0.2) is 52.9 Å². The van der Waals surface area contributed by atoms with Crippen LogP contribution < -0.4 is 5.32 Å². The average molecular weight is 354 g/mol. The molecule has 0 atom stereocenters. The number of Topliss-reactive ketones (excluding diaryl/α,β-unsaturated/α-hetero) is 1. The van der Waals surface area contributed by atoms with E-state index in [2.05, 4.69) is 15.3 Å². The molecule has 0 aliphatic carbocycles. The van der Waals surface area contributed by atoms with Crippen LogP contribution in [0.3, 0.4) is 0 Å². The molecule has 0 bridgehead atoms. The second kappa shape index (κ2) is 6.53. The van der Waals surface area contributed by atoms with Crippen LogP contribution in [0.25, 0.3) is 22.1 Å². The summed E-state index contributed by atoms with van der Waals surface area (Å²) >= 11 is 0. The number of carbonyl (C=O) groups is 1.